The molecule has 3 rings (SSSR count). The van der Waals surface area contributed by atoms with Crippen LogP contribution in [0.2, 0.25) is 0 Å². The Bertz CT molecular complexity index is 890. The van der Waals surface area contributed by atoms with Gasteiger partial charge in [0.15, 0.2) is 0 Å². The molecular weight excluding hydrogens is 402 g/mol. The molecule has 0 aliphatic carbocycles. The minimum absolute atomic E-state index is 0.261. The van der Waals surface area contributed by atoms with Gasteiger partial charge in [-0.2, -0.15) is 0 Å². The van der Waals surface area contributed by atoms with Gasteiger partial charge in [-0.05, 0) is 35.1 Å². The molecule has 4 nitrogen and oxygen atoms in total. The second kappa shape index (κ2) is 12.0. The molecule has 158 valence electrons. The van der Waals surface area contributed by atoms with Crippen molar-refractivity contribution >= 4 is 17.5 Å². The van der Waals surface area contributed by atoms with E-state index in [1.54, 1.807) is 0 Å². The Labute approximate surface area is 188 Å². The molecule has 0 N–H and O–H groups in total. The molecule has 0 amide bonds. The highest BCUT2D eigenvalue weighted by molar-refractivity contribution is 8.00. The van der Waals surface area contributed by atoms with Crippen molar-refractivity contribution in [3.8, 4) is 0 Å². The lowest BCUT2D eigenvalue weighted by molar-refractivity contribution is -0.118. The van der Waals surface area contributed by atoms with E-state index >= 15 is 0 Å². The number of rotatable bonds is 12. The summed E-state index contributed by atoms with van der Waals surface area (Å²) in [5.74, 6) is 0.991. The molecule has 0 bridgehead atoms. The monoisotopic (exact) mass is 429 g/mol. The summed E-state index contributed by atoms with van der Waals surface area (Å²) < 4.78 is -0.383. The SMILES string of the molecule is [N-]=[N+]=NCCCCC(=O)CCSC(c1ccccc1)(c1ccccc1)c1ccccc1. The van der Waals surface area contributed by atoms with E-state index in [1.807, 2.05) is 30.0 Å². The summed E-state index contributed by atoms with van der Waals surface area (Å²) in [6, 6.07) is 31.6. The van der Waals surface area contributed by atoms with Crippen LogP contribution in [-0.2, 0) is 9.54 Å². The third-order valence-corrected chi connectivity index (χ3v) is 6.82. The van der Waals surface area contributed by atoms with Crippen LogP contribution in [0.1, 0.15) is 42.4 Å². The summed E-state index contributed by atoms with van der Waals surface area (Å²) in [5.41, 5.74) is 12.0. The molecular formula is C26H27N3OS. The highest BCUT2D eigenvalue weighted by atomic mass is 32.2. The van der Waals surface area contributed by atoms with Crippen molar-refractivity contribution in [3.63, 3.8) is 0 Å². The van der Waals surface area contributed by atoms with Crippen molar-refractivity contribution < 1.29 is 4.79 Å². The Morgan fingerprint density at radius 1 is 0.774 bits per heavy atom. The molecule has 0 aliphatic heterocycles. The highest BCUT2D eigenvalue weighted by Crippen LogP contribution is 2.48. The first-order chi connectivity index (χ1) is 15.3. The molecule has 3 aromatic rings. The summed E-state index contributed by atoms with van der Waals surface area (Å²) >= 11 is 1.82. The van der Waals surface area contributed by atoms with E-state index in [2.05, 4.69) is 82.8 Å². The van der Waals surface area contributed by atoms with Crippen LogP contribution in [-0.4, -0.2) is 18.1 Å². The number of nitrogens with zero attached hydrogens (tertiary/aromatic N) is 3. The Morgan fingerprint density at radius 3 is 1.71 bits per heavy atom. The summed E-state index contributed by atoms with van der Waals surface area (Å²) in [7, 11) is 0. The van der Waals surface area contributed by atoms with Crippen LogP contribution in [0, 0.1) is 0 Å². The van der Waals surface area contributed by atoms with Gasteiger partial charge in [-0.25, -0.2) is 0 Å². The van der Waals surface area contributed by atoms with Crippen molar-refractivity contribution in [1.29, 1.82) is 0 Å². The number of carbonyl (C=O) groups is 1. The third kappa shape index (κ3) is 6.00. The lowest BCUT2D eigenvalue weighted by atomic mass is 9.84. The zero-order valence-electron chi connectivity index (χ0n) is 17.6. The lowest BCUT2D eigenvalue weighted by Crippen LogP contribution is -2.26. The molecule has 0 spiro atoms. The van der Waals surface area contributed by atoms with Crippen LogP contribution in [0.15, 0.2) is 96.1 Å². The van der Waals surface area contributed by atoms with Crippen molar-refractivity contribution in [2.24, 2.45) is 5.11 Å². The fourth-order valence-electron chi connectivity index (χ4n) is 3.76. The molecule has 3 aromatic carbocycles. The number of benzene rings is 3. The maximum Gasteiger partial charge on any atom is 0.133 e. The van der Waals surface area contributed by atoms with Crippen LogP contribution in [0.3, 0.4) is 0 Å². The van der Waals surface area contributed by atoms with Crippen molar-refractivity contribution in [3.05, 3.63) is 118 Å². The van der Waals surface area contributed by atoms with Gasteiger partial charge in [-0.1, -0.05) is 96.1 Å². The van der Waals surface area contributed by atoms with E-state index in [0.717, 1.165) is 18.6 Å². The summed E-state index contributed by atoms with van der Waals surface area (Å²) in [4.78, 5) is 15.2. The van der Waals surface area contributed by atoms with Gasteiger partial charge in [0.2, 0.25) is 0 Å². The molecule has 5 heteroatoms. The third-order valence-electron chi connectivity index (χ3n) is 5.27. The predicted molar refractivity (Wildman–Crippen MR) is 129 cm³/mol. The van der Waals surface area contributed by atoms with Gasteiger partial charge in [0, 0.05) is 30.1 Å². The number of Topliss-reactive ketones (excluding diaryl/α,β-unsaturated/α-hetero) is 1. The summed E-state index contributed by atoms with van der Waals surface area (Å²) in [6.07, 6.45) is 2.59. The fourth-order valence-corrected chi connectivity index (χ4v) is 5.31. The van der Waals surface area contributed by atoms with Gasteiger partial charge in [0.1, 0.15) is 5.78 Å². The van der Waals surface area contributed by atoms with E-state index in [9.17, 15) is 4.79 Å². The number of azide groups is 1. The first-order valence-corrected chi connectivity index (χ1v) is 11.6. The maximum absolute atomic E-state index is 12.5. The van der Waals surface area contributed by atoms with E-state index in [0.29, 0.717) is 19.4 Å². The molecule has 0 heterocycles. The summed E-state index contributed by atoms with van der Waals surface area (Å²) in [5, 5.41) is 3.53. The van der Waals surface area contributed by atoms with Crippen LogP contribution >= 0.6 is 11.8 Å². The molecule has 31 heavy (non-hydrogen) atoms. The zero-order chi connectivity index (χ0) is 21.8. The maximum atomic E-state index is 12.5. The number of hydrogen-bond donors (Lipinski definition) is 0. The number of ketones is 1. The Hall–Kier alpha value is -3.01. The van der Waals surface area contributed by atoms with Crippen molar-refractivity contribution in [2.45, 2.75) is 30.4 Å². The first kappa shape index (κ1) is 22.7. The molecule has 0 aromatic heterocycles. The zero-order valence-corrected chi connectivity index (χ0v) is 18.4. The molecule has 0 atom stereocenters. The van der Waals surface area contributed by atoms with E-state index < -0.39 is 0 Å². The second-order valence-electron chi connectivity index (χ2n) is 7.33. The van der Waals surface area contributed by atoms with E-state index in [4.69, 9.17) is 5.53 Å². The first-order valence-electron chi connectivity index (χ1n) is 10.6. The number of carbonyl (C=O) groups excluding carboxylic acids is 1. The number of unbranched alkanes of at least 4 members (excludes halogenated alkanes) is 1. The Balaban J connectivity index is 1.83. The van der Waals surface area contributed by atoms with Gasteiger partial charge in [-0.3, -0.25) is 4.79 Å². The average molecular weight is 430 g/mol. The topological polar surface area (TPSA) is 65.8 Å². The van der Waals surface area contributed by atoms with Crippen molar-refractivity contribution in [1.82, 2.24) is 0 Å². The predicted octanol–water partition coefficient (Wildman–Crippen LogP) is 7.15. The van der Waals surface area contributed by atoms with E-state index in [-0.39, 0.29) is 10.5 Å². The molecule has 0 saturated carbocycles. The van der Waals surface area contributed by atoms with Crippen LogP contribution in [0.25, 0.3) is 10.4 Å². The van der Waals surface area contributed by atoms with E-state index in [1.165, 1.54) is 16.7 Å². The van der Waals surface area contributed by atoms with Crippen molar-refractivity contribution in [2.75, 3.05) is 12.3 Å². The molecule has 0 saturated heterocycles. The molecule has 0 aliphatic rings. The minimum Gasteiger partial charge on any atom is -0.300 e. The number of thioether (sulfide) groups is 1. The fraction of sp³-hybridized carbons (Fsp3) is 0.269. The smallest absolute Gasteiger partial charge is 0.133 e. The van der Waals surface area contributed by atoms with Gasteiger partial charge in [-0.15, -0.1) is 11.8 Å². The minimum atomic E-state index is -0.383. The summed E-state index contributed by atoms with van der Waals surface area (Å²) in [6.45, 7) is 0.456. The molecule has 0 unspecified atom stereocenters. The van der Waals surface area contributed by atoms with Gasteiger partial charge < -0.3 is 0 Å². The number of hydrogen-bond acceptors (Lipinski definition) is 3. The second-order valence-corrected chi connectivity index (χ2v) is 8.64. The Morgan fingerprint density at radius 2 is 1.26 bits per heavy atom. The lowest BCUT2D eigenvalue weighted by Gasteiger charge is -2.35. The average Bonchev–Trinajstić information content (AvgIpc) is 2.83. The molecule has 0 radical (unpaired) electrons. The van der Waals surface area contributed by atoms with Crippen LogP contribution in [0.4, 0.5) is 0 Å². The van der Waals surface area contributed by atoms with Gasteiger partial charge in [0.25, 0.3) is 0 Å². The van der Waals surface area contributed by atoms with Crippen LogP contribution in [0.5, 0.6) is 0 Å². The quantitative estimate of drug-likeness (QED) is 0.101. The molecule has 0 fully saturated rings. The Kier molecular flexibility index (Phi) is 8.77. The normalized spacial score (nSPS) is 11.0. The standard InChI is InChI=1S/C26H27N3OS/c27-29-28-20-11-10-18-25(30)19-21-31-26(22-12-4-1-5-13-22,23-14-6-2-7-15-23)24-16-8-3-9-17-24/h1-9,12-17H,10-11,18-21H2. The van der Waals surface area contributed by atoms with Gasteiger partial charge in [0.05, 0.1) is 4.75 Å². The van der Waals surface area contributed by atoms with Gasteiger partial charge >= 0.3 is 0 Å². The largest absolute Gasteiger partial charge is 0.300 e. The highest BCUT2D eigenvalue weighted by Gasteiger charge is 2.36. The van der Waals surface area contributed by atoms with Crippen LogP contribution < -0.4 is 0 Å².